The number of carbonyl (C=O) groups excluding carboxylic acids is 1. The van der Waals surface area contributed by atoms with Crippen molar-refractivity contribution in [1.29, 1.82) is 0 Å². The Labute approximate surface area is 117 Å². The van der Waals surface area contributed by atoms with Gasteiger partial charge in [0.15, 0.2) is 0 Å². The lowest BCUT2D eigenvalue weighted by atomic mass is 9.91. The second kappa shape index (κ2) is 5.83. The van der Waals surface area contributed by atoms with E-state index in [1.54, 1.807) is 4.90 Å². The molecule has 2 aliphatic rings. The van der Waals surface area contributed by atoms with Gasteiger partial charge in [0.25, 0.3) is 0 Å². The quantitative estimate of drug-likeness (QED) is 0.808. The van der Waals surface area contributed by atoms with E-state index in [-0.39, 0.29) is 18.7 Å². The summed E-state index contributed by atoms with van der Waals surface area (Å²) >= 11 is 0. The third-order valence-electron chi connectivity index (χ3n) is 4.48. The predicted molar refractivity (Wildman–Crippen MR) is 77.9 cm³/mol. The molecule has 1 saturated heterocycles. The van der Waals surface area contributed by atoms with E-state index in [2.05, 4.69) is 19.6 Å². The zero-order valence-electron chi connectivity index (χ0n) is 12.4. The highest BCUT2D eigenvalue weighted by atomic mass is 28.3. The Morgan fingerprint density at radius 2 is 2.11 bits per heavy atom. The van der Waals surface area contributed by atoms with Crippen molar-refractivity contribution in [3.05, 3.63) is 0 Å². The number of carbonyl (C=O) groups is 1. The largest absolute Gasteiger partial charge is 0.450 e. The highest BCUT2D eigenvalue weighted by molar-refractivity contribution is 6.76. The van der Waals surface area contributed by atoms with Crippen LogP contribution in [0.25, 0.3) is 0 Å². The van der Waals surface area contributed by atoms with E-state index < -0.39 is 8.07 Å². The van der Waals surface area contributed by atoms with Gasteiger partial charge in [-0.2, -0.15) is 0 Å². The molecule has 0 spiro atoms. The van der Waals surface area contributed by atoms with Gasteiger partial charge in [0.05, 0.1) is 19.3 Å². The van der Waals surface area contributed by atoms with E-state index in [9.17, 15) is 9.90 Å². The Kier molecular flexibility index (Phi) is 4.56. The number of hydrogen-bond donors (Lipinski definition) is 1. The first-order chi connectivity index (χ1) is 8.90. The molecule has 2 bridgehead atoms. The molecule has 110 valence electrons. The summed E-state index contributed by atoms with van der Waals surface area (Å²) in [5.74, 6) is 1.10. The van der Waals surface area contributed by atoms with Crippen LogP contribution in [0.3, 0.4) is 0 Å². The number of likely N-dealkylation sites (tertiary alicyclic amines) is 1. The van der Waals surface area contributed by atoms with Crippen LogP contribution in [0.15, 0.2) is 0 Å². The van der Waals surface area contributed by atoms with Gasteiger partial charge < -0.3 is 14.7 Å². The lowest BCUT2D eigenvalue weighted by Crippen LogP contribution is -2.50. The van der Waals surface area contributed by atoms with Gasteiger partial charge in [-0.1, -0.05) is 19.6 Å². The molecule has 0 aromatic heterocycles. The van der Waals surface area contributed by atoms with Gasteiger partial charge in [0.1, 0.15) is 0 Å². The highest BCUT2D eigenvalue weighted by Gasteiger charge is 2.42. The summed E-state index contributed by atoms with van der Waals surface area (Å²) < 4.78 is 5.42. The van der Waals surface area contributed by atoms with Crippen molar-refractivity contribution in [3.63, 3.8) is 0 Å². The van der Waals surface area contributed by atoms with Crippen LogP contribution in [0.1, 0.15) is 19.3 Å². The summed E-state index contributed by atoms with van der Waals surface area (Å²) in [5.41, 5.74) is 0. The molecule has 0 aromatic carbocycles. The number of amides is 1. The van der Waals surface area contributed by atoms with Crippen molar-refractivity contribution >= 4 is 14.2 Å². The Bertz CT molecular complexity index is 329. The summed E-state index contributed by atoms with van der Waals surface area (Å²) in [6.07, 6.45) is 3.30. The Morgan fingerprint density at radius 3 is 2.74 bits per heavy atom. The summed E-state index contributed by atoms with van der Waals surface area (Å²) in [4.78, 5) is 14.0. The van der Waals surface area contributed by atoms with E-state index in [1.807, 2.05) is 0 Å². The second-order valence-corrected chi connectivity index (χ2v) is 12.9. The number of fused-ring (bicyclic) bond motifs is 2. The third-order valence-corrected chi connectivity index (χ3v) is 6.18. The van der Waals surface area contributed by atoms with Gasteiger partial charge in [-0.3, -0.25) is 0 Å². The topological polar surface area (TPSA) is 49.8 Å². The van der Waals surface area contributed by atoms with Crippen molar-refractivity contribution in [2.24, 2.45) is 11.8 Å². The van der Waals surface area contributed by atoms with Gasteiger partial charge in [-0.15, -0.1) is 0 Å². The lowest BCUT2D eigenvalue weighted by molar-refractivity contribution is 0.0312. The van der Waals surface area contributed by atoms with E-state index in [0.29, 0.717) is 18.4 Å². The summed E-state index contributed by atoms with van der Waals surface area (Å²) in [7, 11) is -1.16. The first kappa shape index (κ1) is 14.8. The van der Waals surface area contributed by atoms with E-state index >= 15 is 0 Å². The number of hydrogen-bond acceptors (Lipinski definition) is 3. The lowest BCUT2D eigenvalue weighted by Gasteiger charge is -2.38. The van der Waals surface area contributed by atoms with Crippen LogP contribution in [0, 0.1) is 11.8 Å². The van der Waals surface area contributed by atoms with Crippen molar-refractivity contribution in [2.45, 2.75) is 51.0 Å². The molecule has 2 rings (SSSR count). The normalized spacial score (nSPS) is 30.5. The molecule has 1 amide bonds. The monoisotopic (exact) mass is 285 g/mol. The van der Waals surface area contributed by atoms with Crippen LogP contribution in [0.2, 0.25) is 25.7 Å². The maximum absolute atomic E-state index is 12.2. The molecule has 1 heterocycles. The van der Waals surface area contributed by atoms with Crippen molar-refractivity contribution in [1.82, 2.24) is 4.90 Å². The average Bonchev–Trinajstić information content (AvgIpc) is 2.69. The molecule has 4 nitrogen and oxygen atoms in total. The number of aliphatic hydroxyl groups is 1. The molecule has 0 unspecified atom stereocenters. The minimum atomic E-state index is -1.16. The first-order valence-electron chi connectivity index (χ1n) is 7.45. The zero-order valence-corrected chi connectivity index (χ0v) is 13.4. The number of aliphatic hydroxyl groups excluding tert-OH is 1. The number of rotatable bonds is 4. The van der Waals surface area contributed by atoms with Gasteiger partial charge in [0, 0.05) is 14.6 Å². The molecular formula is C14H27NO3Si. The van der Waals surface area contributed by atoms with Crippen molar-refractivity contribution in [2.75, 3.05) is 19.8 Å². The summed E-state index contributed by atoms with van der Waals surface area (Å²) in [6, 6.07) is 0.988. The second-order valence-electron chi connectivity index (χ2n) is 7.27. The number of ether oxygens (including phenoxy) is 1. The maximum Gasteiger partial charge on any atom is 0.410 e. The highest BCUT2D eigenvalue weighted by Crippen LogP contribution is 2.40. The average molecular weight is 285 g/mol. The molecule has 3 atom stereocenters. The van der Waals surface area contributed by atoms with Crippen LogP contribution in [-0.4, -0.2) is 50.0 Å². The fraction of sp³-hybridized carbons (Fsp3) is 0.929. The minimum absolute atomic E-state index is 0.0156. The molecule has 1 aliphatic heterocycles. The van der Waals surface area contributed by atoms with Crippen LogP contribution in [0.4, 0.5) is 4.79 Å². The van der Waals surface area contributed by atoms with Gasteiger partial charge in [0.2, 0.25) is 0 Å². The smallest absolute Gasteiger partial charge is 0.410 e. The molecule has 5 heteroatoms. The SMILES string of the molecule is C[Si](C)(C)CCOC(=O)N1C[C@H]2CC[C@H](C2)[C@H]1CO. The molecule has 1 N–H and O–H groups in total. The third kappa shape index (κ3) is 3.72. The van der Waals surface area contributed by atoms with Crippen LogP contribution in [0.5, 0.6) is 0 Å². The van der Waals surface area contributed by atoms with Gasteiger partial charge in [-0.05, 0) is 37.1 Å². The van der Waals surface area contributed by atoms with Crippen LogP contribution < -0.4 is 0 Å². The minimum Gasteiger partial charge on any atom is -0.450 e. The van der Waals surface area contributed by atoms with Crippen molar-refractivity contribution in [3.8, 4) is 0 Å². The van der Waals surface area contributed by atoms with E-state index in [0.717, 1.165) is 19.0 Å². The number of piperidine rings is 1. The predicted octanol–water partition coefficient (Wildman–Crippen LogP) is 2.55. The molecule has 0 radical (unpaired) electrons. The standard InChI is InChI=1S/C14H27NO3Si/c1-19(2,3)7-6-18-14(17)15-9-11-4-5-12(8-11)13(15)10-16/h11-13,16H,4-10H2,1-3H3/t11-,12+,13+/m0/s1. The summed E-state index contributed by atoms with van der Waals surface area (Å²) in [5, 5.41) is 9.54. The Balaban J connectivity index is 1.87. The Hall–Kier alpha value is -0.553. The molecular weight excluding hydrogens is 258 g/mol. The molecule has 1 aliphatic carbocycles. The fourth-order valence-electron chi connectivity index (χ4n) is 3.28. The van der Waals surface area contributed by atoms with E-state index in [4.69, 9.17) is 4.74 Å². The maximum atomic E-state index is 12.2. The van der Waals surface area contributed by atoms with Crippen molar-refractivity contribution < 1.29 is 14.6 Å². The fourth-order valence-corrected chi connectivity index (χ4v) is 4.00. The molecule has 0 aromatic rings. The molecule has 1 saturated carbocycles. The van der Waals surface area contributed by atoms with Crippen LogP contribution in [-0.2, 0) is 4.74 Å². The Morgan fingerprint density at radius 1 is 1.37 bits per heavy atom. The molecule has 2 fully saturated rings. The van der Waals surface area contributed by atoms with Crippen LogP contribution >= 0.6 is 0 Å². The molecule has 19 heavy (non-hydrogen) atoms. The first-order valence-corrected chi connectivity index (χ1v) is 11.2. The van der Waals surface area contributed by atoms with E-state index in [1.165, 1.54) is 12.8 Å². The summed E-state index contributed by atoms with van der Waals surface area (Å²) in [6.45, 7) is 8.20. The zero-order chi connectivity index (χ0) is 14.0. The van der Waals surface area contributed by atoms with Gasteiger partial charge in [-0.25, -0.2) is 4.79 Å². The number of nitrogens with zero attached hydrogens (tertiary/aromatic N) is 1. The van der Waals surface area contributed by atoms with Gasteiger partial charge >= 0.3 is 6.09 Å².